The Bertz CT molecular complexity index is 696. The van der Waals surface area contributed by atoms with Gasteiger partial charge in [-0.1, -0.05) is 25.3 Å². The van der Waals surface area contributed by atoms with E-state index in [0.717, 1.165) is 42.6 Å². The highest BCUT2D eigenvalue weighted by atomic mass is 35.5. The predicted octanol–water partition coefficient (Wildman–Crippen LogP) is 4.33. The highest BCUT2D eigenvalue weighted by molar-refractivity contribution is 5.85. The molecule has 1 spiro atoms. The Kier molecular flexibility index (Phi) is 7.03. The van der Waals surface area contributed by atoms with Crippen molar-refractivity contribution in [1.82, 2.24) is 15.2 Å². The molecule has 1 aliphatic carbocycles. The molecule has 2 fully saturated rings. The van der Waals surface area contributed by atoms with Crippen LogP contribution in [0.2, 0.25) is 0 Å². The van der Waals surface area contributed by atoms with Gasteiger partial charge in [0.1, 0.15) is 5.82 Å². The van der Waals surface area contributed by atoms with Crippen LogP contribution in [0, 0.1) is 5.82 Å². The number of aromatic nitrogens is 1. The molecule has 0 amide bonds. The van der Waals surface area contributed by atoms with Crippen molar-refractivity contribution in [1.29, 1.82) is 0 Å². The molecule has 0 bridgehead atoms. The van der Waals surface area contributed by atoms with Crippen LogP contribution in [-0.2, 0) is 6.54 Å². The van der Waals surface area contributed by atoms with Gasteiger partial charge in [-0.15, -0.1) is 24.8 Å². The zero-order valence-electron chi connectivity index (χ0n) is 14.3. The van der Waals surface area contributed by atoms with Crippen LogP contribution in [0.1, 0.15) is 37.7 Å². The van der Waals surface area contributed by atoms with Gasteiger partial charge in [-0.2, -0.15) is 0 Å². The number of piperazine rings is 1. The Labute approximate surface area is 161 Å². The van der Waals surface area contributed by atoms with Crippen LogP contribution in [0.4, 0.5) is 4.39 Å². The number of benzene rings is 1. The maximum atomic E-state index is 14.0. The van der Waals surface area contributed by atoms with E-state index in [1.54, 1.807) is 18.3 Å². The Balaban J connectivity index is 0.00000113. The first kappa shape index (κ1) is 20.4. The first-order valence-corrected chi connectivity index (χ1v) is 8.76. The van der Waals surface area contributed by atoms with Crippen molar-refractivity contribution in [2.45, 2.75) is 44.2 Å². The fourth-order valence-electron chi connectivity index (χ4n) is 4.39. The summed E-state index contributed by atoms with van der Waals surface area (Å²) in [5.41, 5.74) is 2.22. The van der Waals surface area contributed by atoms with E-state index < -0.39 is 0 Å². The van der Waals surface area contributed by atoms with Gasteiger partial charge >= 0.3 is 0 Å². The molecule has 0 atom stereocenters. The molecule has 25 heavy (non-hydrogen) atoms. The zero-order chi connectivity index (χ0) is 15.7. The summed E-state index contributed by atoms with van der Waals surface area (Å²) in [5.74, 6) is -0.159. The van der Waals surface area contributed by atoms with Crippen molar-refractivity contribution in [2.24, 2.45) is 0 Å². The van der Waals surface area contributed by atoms with Crippen molar-refractivity contribution < 1.29 is 4.39 Å². The van der Waals surface area contributed by atoms with Crippen molar-refractivity contribution >= 4 is 35.7 Å². The monoisotopic (exact) mass is 385 g/mol. The minimum Gasteiger partial charge on any atom is -0.314 e. The molecule has 1 aromatic carbocycles. The van der Waals surface area contributed by atoms with E-state index in [0.29, 0.717) is 0 Å². The van der Waals surface area contributed by atoms with Crippen molar-refractivity contribution in [3.8, 4) is 0 Å². The highest BCUT2D eigenvalue weighted by Gasteiger charge is 2.39. The fourth-order valence-corrected chi connectivity index (χ4v) is 4.39. The maximum absolute atomic E-state index is 14.0. The maximum Gasteiger partial charge on any atom is 0.124 e. The third-order valence-electron chi connectivity index (χ3n) is 5.58. The van der Waals surface area contributed by atoms with Crippen LogP contribution < -0.4 is 5.32 Å². The first-order valence-electron chi connectivity index (χ1n) is 8.76. The molecule has 2 heterocycles. The average molecular weight is 386 g/mol. The molecule has 1 N–H and O–H groups in total. The molecule has 1 saturated carbocycles. The van der Waals surface area contributed by atoms with Gasteiger partial charge < -0.3 is 5.32 Å². The van der Waals surface area contributed by atoms with Crippen LogP contribution >= 0.6 is 24.8 Å². The van der Waals surface area contributed by atoms with E-state index in [-0.39, 0.29) is 36.2 Å². The molecule has 3 nitrogen and oxygen atoms in total. The lowest BCUT2D eigenvalue weighted by atomic mass is 9.79. The van der Waals surface area contributed by atoms with E-state index in [9.17, 15) is 4.39 Å². The molecule has 0 radical (unpaired) electrons. The van der Waals surface area contributed by atoms with Gasteiger partial charge in [-0.05, 0) is 36.6 Å². The molecule has 4 rings (SSSR count). The minimum atomic E-state index is -0.159. The number of halogens is 3. The third-order valence-corrected chi connectivity index (χ3v) is 5.58. The van der Waals surface area contributed by atoms with Crippen molar-refractivity contribution in [3.05, 3.63) is 41.8 Å². The van der Waals surface area contributed by atoms with E-state index in [1.165, 1.54) is 32.1 Å². The minimum absolute atomic E-state index is 0. The van der Waals surface area contributed by atoms with E-state index in [4.69, 9.17) is 0 Å². The topological polar surface area (TPSA) is 28.2 Å². The lowest BCUT2D eigenvalue weighted by Crippen LogP contribution is -2.61. The zero-order valence-corrected chi connectivity index (χ0v) is 16.0. The molecule has 1 aromatic heterocycles. The number of nitrogens with one attached hydrogen (secondary N) is 1. The van der Waals surface area contributed by atoms with Gasteiger partial charge in [0, 0.05) is 43.3 Å². The Morgan fingerprint density at radius 3 is 2.76 bits per heavy atom. The second-order valence-corrected chi connectivity index (χ2v) is 7.02. The quantitative estimate of drug-likeness (QED) is 0.833. The first-order chi connectivity index (χ1) is 11.3. The smallest absolute Gasteiger partial charge is 0.124 e. The molecular weight excluding hydrogens is 360 g/mol. The van der Waals surface area contributed by atoms with E-state index >= 15 is 0 Å². The Morgan fingerprint density at radius 2 is 1.96 bits per heavy atom. The van der Waals surface area contributed by atoms with Gasteiger partial charge in [0.25, 0.3) is 0 Å². The third kappa shape index (κ3) is 4.08. The summed E-state index contributed by atoms with van der Waals surface area (Å²) in [7, 11) is 0. The summed E-state index contributed by atoms with van der Waals surface area (Å²) in [6.45, 7) is 3.91. The van der Waals surface area contributed by atoms with Gasteiger partial charge in [-0.25, -0.2) is 4.39 Å². The van der Waals surface area contributed by atoms with Gasteiger partial charge in [0.15, 0.2) is 0 Å². The molecule has 2 aliphatic rings. The Morgan fingerprint density at radius 1 is 1.16 bits per heavy atom. The van der Waals surface area contributed by atoms with Crippen LogP contribution in [-0.4, -0.2) is 35.1 Å². The van der Waals surface area contributed by atoms with Gasteiger partial charge in [-0.3, -0.25) is 9.88 Å². The van der Waals surface area contributed by atoms with Gasteiger partial charge in [0.2, 0.25) is 0 Å². The van der Waals surface area contributed by atoms with Crippen molar-refractivity contribution in [2.75, 3.05) is 19.6 Å². The lowest BCUT2D eigenvalue weighted by Gasteiger charge is -2.50. The molecule has 0 unspecified atom stereocenters. The summed E-state index contributed by atoms with van der Waals surface area (Å²) in [6.07, 6.45) is 8.26. The van der Waals surface area contributed by atoms with Crippen LogP contribution in [0.15, 0.2) is 30.5 Å². The number of hydrogen-bond acceptors (Lipinski definition) is 3. The van der Waals surface area contributed by atoms with Crippen molar-refractivity contribution in [3.63, 3.8) is 0 Å². The number of nitrogens with zero attached hydrogens (tertiary/aromatic N) is 2. The number of fused-ring (bicyclic) bond motifs is 1. The molecule has 1 saturated heterocycles. The van der Waals surface area contributed by atoms with Crippen LogP contribution in [0.3, 0.4) is 0 Å². The molecule has 138 valence electrons. The predicted molar refractivity (Wildman–Crippen MR) is 105 cm³/mol. The number of hydrogen-bond donors (Lipinski definition) is 1. The average Bonchev–Trinajstić information content (AvgIpc) is 2.58. The standard InChI is InChI=1S/C19H24FN3.2ClH/c20-17-11-15-5-4-8-22-18(15)16(12-17)13-23-10-9-21-14-19(23)6-2-1-3-7-19;;/h4-5,8,11-12,21H,1-3,6-7,9-10,13-14H2;2*1H. The highest BCUT2D eigenvalue weighted by Crippen LogP contribution is 2.36. The molecule has 2 aromatic rings. The summed E-state index contributed by atoms with van der Waals surface area (Å²) in [6, 6.07) is 7.08. The number of rotatable bonds is 2. The second-order valence-electron chi connectivity index (χ2n) is 7.02. The normalized spacial score (nSPS) is 20.0. The molecule has 6 heteroatoms. The summed E-state index contributed by atoms with van der Waals surface area (Å²) in [5, 5.41) is 4.48. The van der Waals surface area contributed by atoms with E-state index in [1.807, 2.05) is 12.1 Å². The second kappa shape index (κ2) is 8.63. The summed E-state index contributed by atoms with van der Waals surface area (Å²) >= 11 is 0. The fraction of sp³-hybridized carbons (Fsp3) is 0.526. The SMILES string of the molecule is Cl.Cl.Fc1cc(CN2CCNCC23CCCCC3)c2ncccc2c1. The van der Waals surface area contributed by atoms with E-state index in [2.05, 4.69) is 15.2 Å². The van der Waals surface area contributed by atoms with Crippen LogP contribution in [0.25, 0.3) is 10.9 Å². The largest absolute Gasteiger partial charge is 0.314 e. The number of pyridine rings is 1. The molecular formula is C19H26Cl2FN3. The van der Waals surface area contributed by atoms with Crippen LogP contribution in [0.5, 0.6) is 0 Å². The Hall–Kier alpha value is -0.940. The summed E-state index contributed by atoms with van der Waals surface area (Å²) in [4.78, 5) is 7.10. The van der Waals surface area contributed by atoms with Gasteiger partial charge in [0.05, 0.1) is 5.52 Å². The molecule has 1 aliphatic heterocycles. The summed E-state index contributed by atoms with van der Waals surface area (Å²) < 4.78 is 14.0. The lowest BCUT2D eigenvalue weighted by molar-refractivity contribution is 0.0211.